The first-order valence-electron chi connectivity index (χ1n) is 6.84. The zero-order chi connectivity index (χ0) is 16.3. The molecule has 0 atom stereocenters. The SMILES string of the molecule is O=C(CS(=O)(=O)C1CCCC1)Nc1cc(C(=O)O)ccc1F. The summed E-state index contributed by atoms with van der Waals surface area (Å²) in [5, 5.41) is 10.4. The molecule has 0 aromatic heterocycles. The van der Waals surface area contributed by atoms with Crippen LogP contribution >= 0.6 is 0 Å². The third-order valence-corrected chi connectivity index (χ3v) is 5.78. The number of hydrogen-bond acceptors (Lipinski definition) is 4. The van der Waals surface area contributed by atoms with Crippen molar-refractivity contribution in [3.05, 3.63) is 29.6 Å². The van der Waals surface area contributed by atoms with E-state index >= 15 is 0 Å². The average Bonchev–Trinajstić information content (AvgIpc) is 2.95. The second kappa shape index (κ2) is 6.43. The lowest BCUT2D eigenvalue weighted by atomic mass is 10.2. The van der Waals surface area contributed by atoms with E-state index in [1.54, 1.807) is 0 Å². The molecule has 120 valence electrons. The topological polar surface area (TPSA) is 101 Å². The fourth-order valence-electron chi connectivity index (χ4n) is 2.49. The number of amides is 1. The van der Waals surface area contributed by atoms with Gasteiger partial charge in [-0.15, -0.1) is 0 Å². The minimum atomic E-state index is -3.57. The first-order chi connectivity index (χ1) is 10.3. The summed E-state index contributed by atoms with van der Waals surface area (Å²) >= 11 is 0. The Hall–Kier alpha value is -1.96. The Morgan fingerprint density at radius 3 is 2.50 bits per heavy atom. The third-order valence-electron chi connectivity index (χ3n) is 3.63. The number of carbonyl (C=O) groups is 2. The van der Waals surface area contributed by atoms with Crippen molar-refractivity contribution in [3.8, 4) is 0 Å². The summed E-state index contributed by atoms with van der Waals surface area (Å²) in [6.07, 6.45) is 2.72. The van der Waals surface area contributed by atoms with Gasteiger partial charge in [-0.3, -0.25) is 4.79 Å². The molecule has 1 amide bonds. The molecule has 2 N–H and O–H groups in total. The standard InChI is InChI=1S/C14H16FNO5S/c15-11-6-5-9(14(18)19)7-12(11)16-13(17)8-22(20,21)10-3-1-2-4-10/h5-7,10H,1-4,8H2,(H,16,17)(H,18,19). The van der Waals surface area contributed by atoms with Gasteiger partial charge < -0.3 is 10.4 Å². The van der Waals surface area contributed by atoms with Gasteiger partial charge in [-0.05, 0) is 31.0 Å². The lowest BCUT2D eigenvalue weighted by Gasteiger charge is -2.11. The van der Waals surface area contributed by atoms with Crippen molar-refractivity contribution < 1.29 is 27.5 Å². The van der Waals surface area contributed by atoms with E-state index in [1.165, 1.54) is 0 Å². The van der Waals surface area contributed by atoms with Crippen LogP contribution in [-0.2, 0) is 14.6 Å². The number of aromatic carboxylic acids is 1. The van der Waals surface area contributed by atoms with E-state index in [1.807, 2.05) is 0 Å². The highest BCUT2D eigenvalue weighted by atomic mass is 32.2. The number of halogens is 1. The molecule has 1 saturated carbocycles. The van der Waals surface area contributed by atoms with Gasteiger partial charge >= 0.3 is 5.97 Å². The van der Waals surface area contributed by atoms with Crippen LogP contribution in [0.1, 0.15) is 36.0 Å². The molecule has 1 aromatic rings. The molecule has 0 heterocycles. The van der Waals surface area contributed by atoms with Crippen LogP contribution in [0.2, 0.25) is 0 Å². The van der Waals surface area contributed by atoms with Gasteiger partial charge in [0, 0.05) is 0 Å². The number of carboxylic acids is 1. The lowest BCUT2D eigenvalue weighted by molar-refractivity contribution is -0.113. The summed E-state index contributed by atoms with van der Waals surface area (Å²) in [6.45, 7) is 0. The Balaban J connectivity index is 2.09. The summed E-state index contributed by atoms with van der Waals surface area (Å²) < 4.78 is 37.7. The molecule has 1 fully saturated rings. The number of sulfone groups is 1. The van der Waals surface area contributed by atoms with Gasteiger partial charge in [0.15, 0.2) is 9.84 Å². The zero-order valence-corrected chi connectivity index (χ0v) is 12.5. The van der Waals surface area contributed by atoms with E-state index in [-0.39, 0.29) is 11.3 Å². The molecule has 8 heteroatoms. The number of anilines is 1. The van der Waals surface area contributed by atoms with Crippen LogP contribution in [0.3, 0.4) is 0 Å². The Morgan fingerprint density at radius 1 is 1.27 bits per heavy atom. The van der Waals surface area contributed by atoms with Crippen LogP contribution in [0.5, 0.6) is 0 Å². The summed E-state index contributed by atoms with van der Waals surface area (Å²) in [7, 11) is -3.57. The van der Waals surface area contributed by atoms with Crippen LogP contribution < -0.4 is 5.32 Å². The van der Waals surface area contributed by atoms with Crippen molar-refractivity contribution in [1.82, 2.24) is 0 Å². The maximum absolute atomic E-state index is 13.6. The van der Waals surface area contributed by atoms with Crippen LogP contribution in [0, 0.1) is 5.82 Å². The van der Waals surface area contributed by atoms with Crippen molar-refractivity contribution in [3.63, 3.8) is 0 Å². The highest BCUT2D eigenvalue weighted by Gasteiger charge is 2.30. The molecular formula is C14H16FNO5S. The van der Waals surface area contributed by atoms with Crippen molar-refractivity contribution in [2.75, 3.05) is 11.1 Å². The molecule has 0 aliphatic heterocycles. The van der Waals surface area contributed by atoms with Gasteiger partial charge in [0.1, 0.15) is 11.6 Å². The Labute approximate surface area is 127 Å². The summed E-state index contributed by atoms with van der Waals surface area (Å²) in [4.78, 5) is 22.6. The minimum Gasteiger partial charge on any atom is -0.478 e. The van der Waals surface area contributed by atoms with Gasteiger partial charge in [-0.2, -0.15) is 0 Å². The first-order valence-corrected chi connectivity index (χ1v) is 8.55. The van der Waals surface area contributed by atoms with E-state index in [0.717, 1.165) is 31.0 Å². The molecule has 1 aliphatic carbocycles. The molecule has 1 aliphatic rings. The second-order valence-electron chi connectivity index (χ2n) is 5.26. The molecule has 0 saturated heterocycles. The molecule has 0 unspecified atom stereocenters. The molecular weight excluding hydrogens is 313 g/mol. The predicted molar refractivity (Wildman–Crippen MR) is 78.0 cm³/mol. The summed E-state index contributed by atoms with van der Waals surface area (Å²) in [5.41, 5.74) is -0.540. The molecule has 0 radical (unpaired) electrons. The van der Waals surface area contributed by atoms with Crippen LogP contribution in [0.25, 0.3) is 0 Å². The normalized spacial score (nSPS) is 15.7. The number of carbonyl (C=O) groups excluding carboxylic acids is 1. The van der Waals surface area contributed by atoms with Crippen LogP contribution in [0.15, 0.2) is 18.2 Å². The number of hydrogen-bond donors (Lipinski definition) is 2. The monoisotopic (exact) mass is 329 g/mol. The van der Waals surface area contributed by atoms with Crippen molar-refractivity contribution in [1.29, 1.82) is 0 Å². The fourth-order valence-corrected chi connectivity index (χ4v) is 4.21. The molecule has 1 aromatic carbocycles. The smallest absolute Gasteiger partial charge is 0.335 e. The van der Waals surface area contributed by atoms with E-state index in [9.17, 15) is 22.4 Å². The van der Waals surface area contributed by atoms with Gasteiger partial charge in [0.05, 0.1) is 16.5 Å². The molecule has 0 spiro atoms. The quantitative estimate of drug-likeness (QED) is 0.858. The molecule has 6 nitrogen and oxygen atoms in total. The maximum Gasteiger partial charge on any atom is 0.335 e. The Kier molecular flexibility index (Phi) is 4.80. The van der Waals surface area contributed by atoms with E-state index < -0.39 is 38.5 Å². The van der Waals surface area contributed by atoms with Crippen molar-refractivity contribution in [2.24, 2.45) is 0 Å². The minimum absolute atomic E-state index is 0.199. The van der Waals surface area contributed by atoms with E-state index in [2.05, 4.69) is 5.32 Å². The summed E-state index contributed by atoms with van der Waals surface area (Å²) in [6, 6.07) is 2.92. The first kappa shape index (κ1) is 16.4. The third kappa shape index (κ3) is 3.82. The molecule has 0 bridgehead atoms. The lowest BCUT2D eigenvalue weighted by Crippen LogP contribution is -2.29. The summed E-state index contributed by atoms with van der Waals surface area (Å²) in [5.74, 6) is -3.69. The zero-order valence-electron chi connectivity index (χ0n) is 11.7. The van der Waals surface area contributed by atoms with Crippen molar-refractivity contribution in [2.45, 2.75) is 30.9 Å². The van der Waals surface area contributed by atoms with Gasteiger partial charge in [0.2, 0.25) is 5.91 Å². The van der Waals surface area contributed by atoms with Gasteiger partial charge in [-0.1, -0.05) is 12.8 Å². The van der Waals surface area contributed by atoms with Crippen molar-refractivity contribution >= 4 is 27.4 Å². The van der Waals surface area contributed by atoms with Gasteiger partial charge in [0.25, 0.3) is 0 Å². The average molecular weight is 329 g/mol. The maximum atomic E-state index is 13.6. The molecule has 22 heavy (non-hydrogen) atoms. The number of rotatable bonds is 5. The largest absolute Gasteiger partial charge is 0.478 e. The second-order valence-corrected chi connectivity index (χ2v) is 7.54. The highest BCUT2D eigenvalue weighted by molar-refractivity contribution is 7.92. The Bertz CT molecular complexity index is 695. The van der Waals surface area contributed by atoms with E-state index in [4.69, 9.17) is 5.11 Å². The van der Waals surface area contributed by atoms with Gasteiger partial charge in [-0.25, -0.2) is 17.6 Å². The number of nitrogens with one attached hydrogen (secondary N) is 1. The Morgan fingerprint density at radius 2 is 1.91 bits per heavy atom. The number of benzene rings is 1. The van der Waals surface area contributed by atoms with E-state index in [0.29, 0.717) is 12.8 Å². The fraction of sp³-hybridized carbons (Fsp3) is 0.429. The molecule has 2 rings (SSSR count). The predicted octanol–water partition coefficient (Wildman–Crippen LogP) is 1.82. The van der Waals surface area contributed by atoms with Crippen LogP contribution in [0.4, 0.5) is 10.1 Å². The van der Waals surface area contributed by atoms with Crippen LogP contribution in [-0.4, -0.2) is 36.4 Å². The number of carboxylic acid groups (broad SMARTS) is 1. The highest BCUT2D eigenvalue weighted by Crippen LogP contribution is 2.25.